The Morgan fingerprint density at radius 3 is 2.52 bits per heavy atom. The monoisotopic (exact) mass is 459 g/mol. The fourth-order valence-electron chi connectivity index (χ4n) is 3.93. The summed E-state index contributed by atoms with van der Waals surface area (Å²) >= 11 is 3.48. The van der Waals surface area contributed by atoms with Gasteiger partial charge in [-0.2, -0.15) is 4.98 Å². The summed E-state index contributed by atoms with van der Waals surface area (Å²) in [6.07, 6.45) is 0.781. The molecular formula is C21H26BrN5O2. The van der Waals surface area contributed by atoms with Gasteiger partial charge in [-0.1, -0.05) is 36.7 Å². The molecule has 154 valence electrons. The van der Waals surface area contributed by atoms with Gasteiger partial charge in [0, 0.05) is 36.8 Å². The molecule has 29 heavy (non-hydrogen) atoms. The summed E-state index contributed by atoms with van der Waals surface area (Å²) in [7, 11) is 1.70. The fourth-order valence-corrected chi connectivity index (χ4v) is 4.19. The molecule has 0 saturated carbocycles. The van der Waals surface area contributed by atoms with Crippen molar-refractivity contribution in [2.75, 3.05) is 11.4 Å². The lowest BCUT2D eigenvalue weighted by atomic mass is 10.1. The molecule has 1 atom stereocenters. The number of benzene rings is 1. The minimum absolute atomic E-state index is 0.243. The smallest absolute Gasteiger partial charge is 0.312 e. The van der Waals surface area contributed by atoms with Crippen molar-refractivity contribution >= 4 is 38.7 Å². The van der Waals surface area contributed by atoms with E-state index >= 15 is 0 Å². The zero-order valence-corrected chi connectivity index (χ0v) is 18.8. The van der Waals surface area contributed by atoms with Gasteiger partial charge in [0.2, 0.25) is 5.95 Å². The standard InChI is InChI=1S/C21H26BrN5O2/c1-13(2)9-10-25-19(28)17-18(24(4)21(25)29)23-20-26(11-14(3)12-27(17)20)16-7-5-15(22)6-8-16/h5-8,13-14H,9-12H2,1-4H3/t14-/m0/s1. The van der Waals surface area contributed by atoms with Crippen molar-refractivity contribution in [3.63, 3.8) is 0 Å². The van der Waals surface area contributed by atoms with Crippen LogP contribution in [0.25, 0.3) is 11.2 Å². The second-order valence-corrected chi connectivity index (χ2v) is 9.28. The largest absolute Gasteiger partial charge is 0.332 e. The highest BCUT2D eigenvalue weighted by Gasteiger charge is 2.29. The van der Waals surface area contributed by atoms with Crippen molar-refractivity contribution in [3.05, 3.63) is 49.6 Å². The highest BCUT2D eigenvalue weighted by molar-refractivity contribution is 9.10. The lowest BCUT2D eigenvalue weighted by molar-refractivity contribution is 0.455. The number of nitrogens with zero attached hydrogens (tertiary/aromatic N) is 5. The summed E-state index contributed by atoms with van der Waals surface area (Å²) in [4.78, 5) is 33.0. The summed E-state index contributed by atoms with van der Waals surface area (Å²) in [6, 6.07) is 8.06. The van der Waals surface area contributed by atoms with Crippen LogP contribution in [0.5, 0.6) is 0 Å². The van der Waals surface area contributed by atoms with E-state index < -0.39 is 0 Å². The van der Waals surface area contributed by atoms with Gasteiger partial charge in [-0.3, -0.25) is 13.9 Å². The molecule has 7 nitrogen and oxygen atoms in total. The van der Waals surface area contributed by atoms with E-state index in [1.807, 2.05) is 28.8 Å². The van der Waals surface area contributed by atoms with E-state index in [0.717, 1.165) is 23.1 Å². The fraction of sp³-hybridized carbons (Fsp3) is 0.476. The van der Waals surface area contributed by atoms with Crippen LogP contribution in [0.4, 0.5) is 11.6 Å². The average Bonchev–Trinajstić information content (AvgIpc) is 3.05. The first kappa shape index (κ1) is 19.9. The van der Waals surface area contributed by atoms with Gasteiger partial charge in [-0.25, -0.2) is 4.79 Å². The first-order valence-electron chi connectivity index (χ1n) is 10.0. The third-order valence-electron chi connectivity index (χ3n) is 5.51. The molecule has 0 spiro atoms. The van der Waals surface area contributed by atoms with Crippen LogP contribution in [-0.4, -0.2) is 25.2 Å². The molecule has 0 radical (unpaired) electrons. The molecule has 0 saturated heterocycles. The molecule has 2 aromatic heterocycles. The van der Waals surface area contributed by atoms with E-state index in [1.165, 1.54) is 9.13 Å². The van der Waals surface area contributed by atoms with Gasteiger partial charge in [-0.15, -0.1) is 0 Å². The maximum atomic E-state index is 13.3. The van der Waals surface area contributed by atoms with Crippen LogP contribution in [-0.2, 0) is 20.1 Å². The Kier molecular flexibility index (Phi) is 5.14. The topological polar surface area (TPSA) is 65.1 Å². The maximum absolute atomic E-state index is 13.3. The van der Waals surface area contributed by atoms with Crippen molar-refractivity contribution in [1.82, 2.24) is 18.7 Å². The molecule has 3 heterocycles. The van der Waals surface area contributed by atoms with Crippen LogP contribution in [0.3, 0.4) is 0 Å². The Morgan fingerprint density at radius 2 is 1.86 bits per heavy atom. The van der Waals surface area contributed by atoms with Crippen molar-refractivity contribution in [3.8, 4) is 0 Å². The molecular weight excluding hydrogens is 434 g/mol. The van der Waals surface area contributed by atoms with Crippen LogP contribution in [0.1, 0.15) is 27.2 Å². The molecule has 1 aliphatic heterocycles. The van der Waals surface area contributed by atoms with Gasteiger partial charge in [0.1, 0.15) is 0 Å². The third kappa shape index (κ3) is 3.43. The van der Waals surface area contributed by atoms with Crippen molar-refractivity contribution in [2.45, 2.75) is 40.3 Å². The van der Waals surface area contributed by atoms with E-state index in [-0.39, 0.29) is 11.2 Å². The lowest BCUT2D eigenvalue weighted by Crippen LogP contribution is -2.40. The molecule has 8 heteroatoms. The number of fused-ring (bicyclic) bond motifs is 3. The van der Waals surface area contributed by atoms with Crippen LogP contribution in [0.15, 0.2) is 38.3 Å². The number of aromatic nitrogens is 4. The minimum Gasteiger partial charge on any atom is -0.312 e. The Balaban J connectivity index is 1.94. The first-order valence-corrected chi connectivity index (χ1v) is 10.8. The molecule has 3 aromatic rings. The summed E-state index contributed by atoms with van der Waals surface area (Å²) < 4.78 is 5.86. The van der Waals surface area contributed by atoms with E-state index in [2.05, 4.69) is 41.6 Å². The quantitative estimate of drug-likeness (QED) is 0.598. The summed E-state index contributed by atoms with van der Waals surface area (Å²) in [5.41, 5.74) is 1.43. The van der Waals surface area contributed by atoms with Gasteiger partial charge >= 0.3 is 5.69 Å². The van der Waals surface area contributed by atoms with Crippen molar-refractivity contribution in [1.29, 1.82) is 0 Å². The van der Waals surface area contributed by atoms with Gasteiger partial charge in [0.05, 0.1) is 0 Å². The second kappa shape index (κ2) is 7.48. The molecule has 4 rings (SSSR count). The number of halogens is 1. The molecule has 0 N–H and O–H groups in total. The van der Waals surface area contributed by atoms with Crippen molar-refractivity contribution in [2.24, 2.45) is 18.9 Å². The Morgan fingerprint density at radius 1 is 1.17 bits per heavy atom. The minimum atomic E-state index is -0.304. The molecule has 0 amide bonds. The Hall–Kier alpha value is -2.35. The van der Waals surface area contributed by atoms with Crippen LogP contribution in [0.2, 0.25) is 0 Å². The molecule has 0 unspecified atom stereocenters. The molecule has 1 aliphatic rings. The van der Waals surface area contributed by atoms with Gasteiger partial charge in [0.25, 0.3) is 5.56 Å². The third-order valence-corrected chi connectivity index (χ3v) is 6.04. The Bertz CT molecular complexity index is 1170. The van der Waals surface area contributed by atoms with E-state index in [9.17, 15) is 9.59 Å². The highest BCUT2D eigenvalue weighted by atomic mass is 79.9. The summed E-state index contributed by atoms with van der Waals surface area (Å²) in [6.45, 7) is 8.28. The molecule has 0 aliphatic carbocycles. The zero-order valence-electron chi connectivity index (χ0n) is 17.2. The summed E-state index contributed by atoms with van der Waals surface area (Å²) in [5, 5.41) is 0. The predicted octanol–water partition coefficient (Wildman–Crippen LogP) is 3.49. The van der Waals surface area contributed by atoms with Gasteiger partial charge in [-0.05, 0) is 42.5 Å². The normalized spacial score (nSPS) is 16.6. The maximum Gasteiger partial charge on any atom is 0.332 e. The van der Waals surface area contributed by atoms with Crippen LogP contribution < -0.4 is 16.1 Å². The number of rotatable bonds is 4. The van der Waals surface area contributed by atoms with Crippen molar-refractivity contribution < 1.29 is 0 Å². The van der Waals surface area contributed by atoms with E-state index in [0.29, 0.717) is 42.0 Å². The second-order valence-electron chi connectivity index (χ2n) is 8.37. The number of aryl methyl sites for hydroxylation is 1. The van der Waals surface area contributed by atoms with E-state index in [4.69, 9.17) is 4.98 Å². The number of imidazole rings is 1. The zero-order chi connectivity index (χ0) is 20.9. The van der Waals surface area contributed by atoms with Crippen LogP contribution in [0, 0.1) is 11.8 Å². The first-order chi connectivity index (χ1) is 13.8. The lowest BCUT2D eigenvalue weighted by Gasteiger charge is -2.33. The number of hydrogen-bond donors (Lipinski definition) is 0. The summed E-state index contributed by atoms with van der Waals surface area (Å²) in [5.74, 6) is 1.47. The van der Waals surface area contributed by atoms with E-state index in [1.54, 1.807) is 7.05 Å². The van der Waals surface area contributed by atoms with Crippen LogP contribution >= 0.6 is 15.9 Å². The predicted molar refractivity (Wildman–Crippen MR) is 119 cm³/mol. The highest BCUT2D eigenvalue weighted by Crippen LogP contribution is 2.33. The molecule has 0 bridgehead atoms. The average molecular weight is 460 g/mol. The molecule has 0 fully saturated rings. The number of anilines is 2. The Labute approximate surface area is 177 Å². The number of hydrogen-bond acceptors (Lipinski definition) is 4. The van der Waals surface area contributed by atoms with Gasteiger partial charge in [0.15, 0.2) is 11.2 Å². The molecule has 1 aromatic carbocycles. The van der Waals surface area contributed by atoms with Gasteiger partial charge < -0.3 is 9.47 Å². The SMILES string of the molecule is CC(C)CCn1c(=O)c2c(nc3n2C[C@@H](C)CN3c2ccc(Br)cc2)n(C)c1=O.